The molecule has 0 aliphatic carbocycles. The maximum atomic E-state index is 11.9. The number of ether oxygens (including phenoxy) is 1. The zero-order chi connectivity index (χ0) is 15.9. The largest absolute Gasteiger partial charge is 0.483 e. The Hall–Kier alpha value is -2.29. The third kappa shape index (κ3) is 4.35. The second kappa shape index (κ2) is 7.64. The first-order chi connectivity index (χ1) is 10.6. The van der Waals surface area contributed by atoms with Crippen LogP contribution in [0.2, 0.25) is 0 Å². The lowest BCUT2D eigenvalue weighted by atomic mass is 10.1. The van der Waals surface area contributed by atoms with Gasteiger partial charge in [0.2, 0.25) is 0 Å². The molecule has 0 heterocycles. The molecule has 0 spiro atoms. The summed E-state index contributed by atoms with van der Waals surface area (Å²) >= 11 is 0. The van der Waals surface area contributed by atoms with E-state index in [0.717, 1.165) is 16.9 Å². The zero-order valence-corrected chi connectivity index (χ0v) is 13.4. The average molecular weight is 297 g/mol. The third-order valence-corrected chi connectivity index (χ3v) is 3.72. The SMILES string of the molecule is CC(C)C(C)NC(=O)COc1ccccc1-c1ccccc1. The Morgan fingerprint density at radius 1 is 1.00 bits per heavy atom. The lowest BCUT2D eigenvalue weighted by molar-refractivity contribution is -0.123. The third-order valence-electron chi connectivity index (χ3n) is 3.72. The number of para-hydroxylation sites is 1. The summed E-state index contributed by atoms with van der Waals surface area (Å²) < 4.78 is 5.72. The summed E-state index contributed by atoms with van der Waals surface area (Å²) in [4.78, 5) is 11.9. The molecule has 1 N–H and O–H groups in total. The van der Waals surface area contributed by atoms with Crippen molar-refractivity contribution in [2.45, 2.75) is 26.8 Å². The molecule has 2 aromatic carbocycles. The number of amides is 1. The fraction of sp³-hybridized carbons (Fsp3) is 0.316. The van der Waals surface area contributed by atoms with Crippen LogP contribution in [0.15, 0.2) is 54.6 Å². The van der Waals surface area contributed by atoms with Crippen molar-refractivity contribution >= 4 is 5.91 Å². The highest BCUT2D eigenvalue weighted by atomic mass is 16.5. The number of carbonyl (C=O) groups is 1. The molecule has 2 aromatic rings. The summed E-state index contributed by atoms with van der Waals surface area (Å²) in [6, 6.07) is 17.9. The van der Waals surface area contributed by atoms with Crippen molar-refractivity contribution in [3.05, 3.63) is 54.6 Å². The predicted molar refractivity (Wildman–Crippen MR) is 89.8 cm³/mol. The van der Waals surface area contributed by atoms with Crippen molar-refractivity contribution in [3.63, 3.8) is 0 Å². The van der Waals surface area contributed by atoms with Crippen LogP contribution in [0.3, 0.4) is 0 Å². The van der Waals surface area contributed by atoms with Gasteiger partial charge in [0.25, 0.3) is 5.91 Å². The Labute approximate surface area is 132 Å². The fourth-order valence-corrected chi connectivity index (χ4v) is 2.05. The molecule has 0 bridgehead atoms. The van der Waals surface area contributed by atoms with Crippen LogP contribution >= 0.6 is 0 Å². The molecule has 1 atom stereocenters. The van der Waals surface area contributed by atoms with Crippen molar-refractivity contribution in [2.75, 3.05) is 6.61 Å². The van der Waals surface area contributed by atoms with Gasteiger partial charge in [-0.3, -0.25) is 4.79 Å². The highest BCUT2D eigenvalue weighted by Crippen LogP contribution is 2.29. The molecule has 22 heavy (non-hydrogen) atoms. The molecule has 0 saturated carbocycles. The number of hydrogen-bond donors (Lipinski definition) is 1. The van der Waals surface area contributed by atoms with Crippen molar-refractivity contribution in [2.24, 2.45) is 5.92 Å². The summed E-state index contributed by atoms with van der Waals surface area (Å²) in [6.45, 7) is 6.19. The van der Waals surface area contributed by atoms with E-state index in [2.05, 4.69) is 19.2 Å². The smallest absolute Gasteiger partial charge is 0.258 e. The van der Waals surface area contributed by atoms with Gasteiger partial charge in [-0.25, -0.2) is 0 Å². The Kier molecular flexibility index (Phi) is 5.59. The lowest BCUT2D eigenvalue weighted by Crippen LogP contribution is -2.38. The molecule has 2 rings (SSSR count). The van der Waals surface area contributed by atoms with E-state index in [9.17, 15) is 4.79 Å². The van der Waals surface area contributed by atoms with Gasteiger partial charge in [0, 0.05) is 11.6 Å². The van der Waals surface area contributed by atoms with Gasteiger partial charge in [-0.2, -0.15) is 0 Å². The molecule has 0 aliphatic rings. The molecule has 0 saturated heterocycles. The molecule has 3 nitrogen and oxygen atoms in total. The molecule has 1 unspecified atom stereocenters. The highest BCUT2D eigenvalue weighted by Gasteiger charge is 2.12. The topological polar surface area (TPSA) is 38.3 Å². The number of rotatable bonds is 6. The van der Waals surface area contributed by atoms with Crippen molar-refractivity contribution in [1.29, 1.82) is 0 Å². The molecule has 1 amide bonds. The van der Waals surface area contributed by atoms with Crippen molar-refractivity contribution < 1.29 is 9.53 Å². The van der Waals surface area contributed by atoms with E-state index >= 15 is 0 Å². The monoisotopic (exact) mass is 297 g/mol. The molecule has 0 fully saturated rings. The van der Waals surface area contributed by atoms with Crippen LogP contribution < -0.4 is 10.1 Å². The first-order valence-electron chi connectivity index (χ1n) is 7.64. The van der Waals surface area contributed by atoms with Gasteiger partial charge in [-0.05, 0) is 24.5 Å². The van der Waals surface area contributed by atoms with E-state index in [0.29, 0.717) is 5.92 Å². The molecule has 116 valence electrons. The number of hydrogen-bond acceptors (Lipinski definition) is 2. The second-order valence-corrected chi connectivity index (χ2v) is 5.75. The van der Waals surface area contributed by atoms with Crippen LogP contribution in [0.1, 0.15) is 20.8 Å². The Morgan fingerprint density at radius 3 is 2.32 bits per heavy atom. The summed E-state index contributed by atoms with van der Waals surface area (Å²) in [5, 5.41) is 2.94. The van der Waals surface area contributed by atoms with Crippen molar-refractivity contribution in [1.82, 2.24) is 5.32 Å². The van der Waals surface area contributed by atoms with E-state index < -0.39 is 0 Å². The molecule has 0 aliphatic heterocycles. The average Bonchev–Trinajstić information content (AvgIpc) is 2.54. The minimum atomic E-state index is -0.0935. The number of carbonyl (C=O) groups excluding carboxylic acids is 1. The van der Waals surface area contributed by atoms with Gasteiger partial charge >= 0.3 is 0 Å². The summed E-state index contributed by atoms with van der Waals surface area (Å²) in [6.07, 6.45) is 0. The van der Waals surface area contributed by atoms with Gasteiger partial charge in [0.05, 0.1) is 0 Å². The van der Waals surface area contributed by atoms with Crippen LogP contribution in [0.25, 0.3) is 11.1 Å². The van der Waals surface area contributed by atoms with Crippen LogP contribution in [-0.4, -0.2) is 18.6 Å². The normalized spacial score (nSPS) is 12.0. The quantitative estimate of drug-likeness (QED) is 0.878. The minimum Gasteiger partial charge on any atom is -0.483 e. The molecular weight excluding hydrogens is 274 g/mol. The predicted octanol–water partition coefficient (Wildman–Crippen LogP) is 3.89. The molecular formula is C19H23NO2. The van der Waals surface area contributed by atoms with Gasteiger partial charge in [-0.15, -0.1) is 0 Å². The highest BCUT2D eigenvalue weighted by molar-refractivity contribution is 5.78. The lowest BCUT2D eigenvalue weighted by Gasteiger charge is -2.18. The van der Waals surface area contributed by atoms with Gasteiger partial charge < -0.3 is 10.1 Å². The van der Waals surface area contributed by atoms with Gasteiger partial charge in [0.15, 0.2) is 6.61 Å². The summed E-state index contributed by atoms with van der Waals surface area (Å²) in [5.41, 5.74) is 2.07. The first-order valence-corrected chi connectivity index (χ1v) is 7.64. The molecule has 3 heteroatoms. The van der Waals surface area contributed by atoms with Crippen LogP contribution in [0.4, 0.5) is 0 Å². The fourth-order valence-electron chi connectivity index (χ4n) is 2.05. The van der Waals surface area contributed by atoms with E-state index in [1.165, 1.54) is 0 Å². The van der Waals surface area contributed by atoms with E-state index in [1.54, 1.807) is 0 Å². The molecule has 0 aromatic heterocycles. The summed E-state index contributed by atoms with van der Waals surface area (Å²) in [5.74, 6) is 1.03. The Bertz CT molecular complexity index is 608. The van der Waals surface area contributed by atoms with Crippen molar-refractivity contribution in [3.8, 4) is 16.9 Å². The van der Waals surface area contributed by atoms with Crippen LogP contribution in [0, 0.1) is 5.92 Å². The number of nitrogens with one attached hydrogen (secondary N) is 1. The van der Waals surface area contributed by atoms with E-state index in [-0.39, 0.29) is 18.6 Å². The van der Waals surface area contributed by atoms with Gasteiger partial charge in [-0.1, -0.05) is 62.4 Å². The van der Waals surface area contributed by atoms with E-state index in [4.69, 9.17) is 4.74 Å². The van der Waals surface area contributed by atoms with Crippen LogP contribution in [-0.2, 0) is 4.79 Å². The minimum absolute atomic E-state index is 0.0287. The number of benzene rings is 2. The Balaban J connectivity index is 2.04. The summed E-state index contributed by atoms with van der Waals surface area (Å²) in [7, 11) is 0. The standard InChI is InChI=1S/C19H23NO2/c1-14(2)15(3)20-19(21)13-22-18-12-8-7-11-17(18)16-9-5-4-6-10-16/h4-12,14-15H,13H2,1-3H3,(H,20,21). The maximum Gasteiger partial charge on any atom is 0.258 e. The Morgan fingerprint density at radius 2 is 1.64 bits per heavy atom. The first kappa shape index (κ1) is 16.1. The maximum absolute atomic E-state index is 11.9. The van der Waals surface area contributed by atoms with Gasteiger partial charge in [0.1, 0.15) is 5.75 Å². The molecule has 0 radical (unpaired) electrons. The van der Waals surface area contributed by atoms with Crippen LogP contribution in [0.5, 0.6) is 5.75 Å². The van der Waals surface area contributed by atoms with E-state index in [1.807, 2.05) is 61.5 Å². The second-order valence-electron chi connectivity index (χ2n) is 5.75. The zero-order valence-electron chi connectivity index (χ0n) is 13.4.